The van der Waals surface area contributed by atoms with Crippen molar-refractivity contribution in [1.29, 1.82) is 5.26 Å². The summed E-state index contributed by atoms with van der Waals surface area (Å²) in [5.74, 6) is 1.02. The van der Waals surface area contributed by atoms with Crippen molar-refractivity contribution in [2.45, 2.75) is 45.1 Å². The van der Waals surface area contributed by atoms with Crippen molar-refractivity contribution in [3.63, 3.8) is 0 Å². The van der Waals surface area contributed by atoms with Crippen LogP contribution in [0.4, 0.5) is 0 Å². The van der Waals surface area contributed by atoms with Crippen LogP contribution in [0.5, 0.6) is 5.75 Å². The third kappa shape index (κ3) is 3.54. The van der Waals surface area contributed by atoms with Gasteiger partial charge in [0, 0.05) is 6.08 Å². The normalized spacial score (nSPS) is 15.1. The van der Waals surface area contributed by atoms with Crippen molar-refractivity contribution in [3.05, 3.63) is 45.9 Å². The number of aryl methyl sites for hydroxylation is 1. The standard InChI is InChI=1S/C22H23N5O2/c1-14-19-20(27(26-14)16-8-4-3-5-9-16)22(28)25-21(24-19)17-11-10-15(7-6-12-23)13-18(17)29-2/h6-7,10-11,13,16H,3-5,8-9H2,1-2H3,(H,24,25,28)/b7-6+. The van der Waals surface area contributed by atoms with E-state index in [2.05, 4.69) is 10.1 Å². The minimum Gasteiger partial charge on any atom is -0.496 e. The minimum atomic E-state index is -0.188. The van der Waals surface area contributed by atoms with Gasteiger partial charge in [-0.1, -0.05) is 25.3 Å². The van der Waals surface area contributed by atoms with Gasteiger partial charge in [0.05, 0.1) is 30.5 Å². The summed E-state index contributed by atoms with van der Waals surface area (Å²) >= 11 is 0. The number of nitrogens with zero attached hydrogens (tertiary/aromatic N) is 4. The molecule has 29 heavy (non-hydrogen) atoms. The van der Waals surface area contributed by atoms with Gasteiger partial charge in [0.25, 0.3) is 5.56 Å². The van der Waals surface area contributed by atoms with Gasteiger partial charge < -0.3 is 9.72 Å². The molecule has 1 fully saturated rings. The fourth-order valence-corrected chi connectivity index (χ4v) is 4.05. The lowest BCUT2D eigenvalue weighted by atomic mass is 9.95. The van der Waals surface area contributed by atoms with E-state index in [1.54, 1.807) is 13.2 Å². The van der Waals surface area contributed by atoms with E-state index in [9.17, 15) is 4.79 Å². The number of aromatic nitrogens is 4. The highest BCUT2D eigenvalue weighted by atomic mass is 16.5. The molecule has 0 amide bonds. The molecule has 2 heterocycles. The second-order valence-electron chi connectivity index (χ2n) is 7.36. The molecule has 7 heteroatoms. The Morgan fingerprint density at radius 2 is 2.10 bits per heavy atom. The summed E-state index contributed by atoms with van der Waals surface area (Å²) in [6.45, 7) is 1.89. The average Bonchev–Trinajstić information content (AvgIpc) is 3.09. The number of hydrogen-bond donors (Lipinski definition) is 1. The summed E-state index contributed by atoms with van der Waals surface area (Å²) in [6, 6.07) is 7.73. The molecule has 3 aromatic rings. The van der Waals surface area contributed by atoms with Gasteiger partial charge in [-0.05, 0) is 43.5 Å². The van der Waals surface area contributed by atoms with Gasteiger partial charge in [0.1, 0.15) is 17.1 Å². The van der Waals surface area contributed by atoms with Gasteiger partial charge in [-0.15, -0.1) is 0 Å². The van der Waals surface area contributed by atoms with Gasteiger partial charge in [0.2, 0.25) is 0 Å². The largest absolute Gasteiger partial charge is 0.496 e. The van der Waals surface area contributed by atoms with E-state index in [0.717, 1.165) is 36.9 Å². The number of aromatic amines is 1. The number of H-pyrrole nitrogens is 1. The van der Waals surface area contributed by atoms with E-state index in [0.29, 0.717) is 28.2 Å². The number of methoxy groups -OCH3 is 1. The highest BCUT2D eigenvalue weighted by Crippen LogP contribution is 2.32. The molecule has 1 saturated carbocycles. The van der Waals surface area contributed by atoms with Gasteiger partial charge in [-0.2, -0.15) is 10.4 Å². The first kappa shape index (κ1) is 18.9. The summed E-state index contributed by atoms with van der Waals surface area (Å²) in [4.78, 5) is 20.7. The molecule has 0 spiro atoms. The summed E-state index contributed by atoms with van der Waals surface area (Å²) in [7, 11) is 1.57. The van der Waals surface area contributed by atoms with Gasteiger partial charge in [0.15, 0.2) is 5.52 Å². The first-order valence-corrected chi connectivity index (χ1v) is 9.86. The van der Waals surface area contributed by atoms with E-state index < -0.39 is 0 Å². The fourth-order valence-electron chi connectivity index (χ4n) is 4.05. The Balaban J connectivity index is 1.82. The number of nitrogens with one attached hydrogen (secondary N) is 1. The van der Waals surface area contributed by atoms with Crippen LogP contribution < -0.4 is 10.3 Å². The lowest BCUT2D eigenvalue weighted by Crippen LogP contribution is -2.19. The zero-order chi connectivity index (χ0) is 20.4. The molecule has 0 radical (unpaired) electrons. The Hall–Kier alpha value is -3.40. The molecule has 0 atom stereocenters. The highest BCUT2D eigenvalue weighted by Gasteiger charge is 2.23. The smallest absolute Gasteiger partial charge is 0.277 e. The Labute approximate surface area is 168 Å². The van der Waals surface area contributed by atoms with Crippen molar-refractivity contribution >= 4 is 17.1 Å². The summed E-state index contributed by atoms with van der Waals surface area (Å²) in [5, 5.41) is 13.4. The number of ether oxygens (including phenoxy) is 1. The van der Waals surface area contributed by atoms with Crippen LogP contribution in [0.2, 0.25) is 0 Å². The Morgan fingerprint density at radius 1 is 1.31 bits per heavy atom. The van der Waals surface area contributed by atoms with Crippen molar-refractivity contribution < 1.29 is 4.74 Å². The maximum absolute atomic E-state index is 13.0. The van der Waals surface area contributed by atoms with Crippen LogP contribution in [0.1, 0.15) is 49.4 Å². The van der Waals surface area contributed by atoms with Crippen molar-refractivity contribution in [3.8, 4) is 23.2 Å². The van der Waals surface area contributed by atoms with Crippen LogP contribution in [0.15, 0.2) is 29.1 Å². The Bertz CT molecular complexity index is 1180. The monoisotopic (exact) mass is 389 g/mol. The van der Waals surface area contributed by atoms with E-state index in [1.165, 1.54) is 12.5 Å². The van der Waals surface area contributed by atoms with Crippen molar-refractivity contribution in [2.24, 2.45) is 0 Å². The SMILES string of the molecule is COc1cc(/C=C/C#N)ccc1-c1nc2c(C)nn(C3CCCCC3)c2c(=O)[nH]1. The second kappa shape index (κ2) is 7.92. The molecule has 0 bridgehead atoms. The number of fused-ring (bicyclic) bond motifs is 1. The second-order valence-corrected chi connectivity index (χ2v) is 7.36. The summed E-state index contributed by atoms with van der Waals surface area (Å²) < 4.78 is 7.38. The maximum atomic E-state index is 13.0. The zero-order valence-corrected chi connectivity index (χ0v) is 16.6. The lowest BCUT2D eigenvalue weighted by molar-refractivity contribution is 0.336. The molecule has 1 aromatic carbocycles. The van der Waals surface area contributed by atoms with Crippen LogP contribution in [-0.2, 0) is 0 Å². The van der Waals surface area contributed by atoms with Crippen LogP contribution >= 0.6 is 0 Å². The number of hydrogen-bond acceptors (Lipinski definition) is 5. The number of benzene rings is 1. The molecular formula is C22H23N5O2. The molecule has 0 unspecified atom stereocenters. The number of allylic oxidation sites excluding steroid dienone is 1. The van der Waals surface area contributed by atoms with Crippen molar-refractivity contribution in [2.75, 3.05) is 7.11 Å². The van der Waals surface area contributed by atoms with Gasteiger partial charge in [-0.25, -0.2) is 4.98 Å². The molecule has 0 aliphatic heterocycles. The van der Waals surface area contributed by atoms with Crippen LogP contribution in [0.25, 0.3) is 28.5 Å². The molecule has 4 rings (SSSR count). The number of nitriles is 1. The van der Waals surface area contributed by atoms with E-state index in [1.807, 2.05) is 35.9 Å². The predicted octanol–water partition coefficient (Wildman–Crippen LogP) is 4.15. The molecule has 7 nitrogen and oxygen atoms in total. The summed E-state index contributed by atoms with van der Waals surface area (Å²) in [5.41, 5.74) is 3.26. The van der Waals surface area contributed by atoms with Crippen LogP contribution in [-0.4, -0.2) is 26.9 Å². The quantitative estimate of drug-likeness (QED) is 0.676. The molecule has 1 aliphatic carbocycles. The molecule has 1 aliphatic rings. The third-order valence-corrected chi connectivity index (χ3v) is 5.48. The highest BCUT2D eigenvalue weighted by molar-refractivity contribution is 5.80. The fraction of sp³-hybridized carbons (Fsp3) is 0.364. The molecular weight excluding hydrogens is 366 g/mol. The third-order valence-electron chi connectivity index (χ3n) is 5.48. The number of rotatable bonds is 4. The first-order valence-electron chi connectivity index (χ1n) is 9.86. The molecule has 2 aromatic heterocycles. The molecule has 148 valence electrons. The minimum absolute atomic E-state index is 0.188. The zero-order valence-electron chi connectivity index (χ0n) is 16.6. The Kier molecular flexibility index (Phi) is 5.17. The topological polar surface area (TPSA) is 96.6 Å². The Morgan fingerprint density at radius 3 is 2.83 bits per heavy atom. The van der Waals surface area contributed by atoms with Gasteiger partial charge in [-0.3, -0.25) is 9.48 Å². The van der Waals surface area contributed by atoms with Gasteiger partial charge >= 0.3 is 0 Å². The molecule has 0 saturated heterocycles. The first-order chi connectivity index (χ1) is 14.1. The molecule has 1 N–H and O–H groups in total. The summed E-state index contributed by atoms with van der Waals surface area (Å²) in [6.07, 6.45) is 8.77. The van der Waals surface area contributed by atoms with Crippen LogP contribution in [0, 0.1) is 18.3 Å². The van der Waals surface area contributed by atoms with E-state index >= 15 is 0 Å². The maximum Gasteiger partial charge on any atom is 0.277 e. The van der Waals surface area contributed by atoms with E-state index in [4.69, 9.17) is 15.0 Å². The predicted molar refractivity (Wildman–Crippen MR) is 112 cm³/mol. The lowest BCUT2D eigenvalue weighted by Gasteiger charge is -2.22. The van der Waals surface area contributed by atoms with E-state index in [-0.39, 0.29) is 11.6 Å². The van der Waals surface area contributed by atoms with Crippen LogP contribution in [0.3, 0.4) is 0 Å². The van der Waals surface area contributed by atoms with Crippen molar-refractivity contribution in [1.82, 2.24) is 19.7 Å². The average molecular weight is 389 g/mol.